The summed E-state index contributed by atoms with van der Waals surface area (Å²) in [7, 11) is 0. The van der Waals surface area contributed by atoms with E-state index < -0.39 is 0 Å². The van der Waals surface area contributed by atoms with E-state index in [9.17, 15) is 5.11 Å². The van der Waals surface area contributed by atoms with Crippen molar-refractivity contribution in [3.05, 3.63) is 28.6 Å². The topological polar surface area (TPSA) is 20.2 Å². The maximum absolute atomic E-state index is 9.24. The van der Waals surface area contributed by atoms with Crippen LogP contribution in [-0.2, 0) is 6.61 Å². The van der Waals surface area contributed by atoms with Gasteiger partial charge in [-0.15, -0.1) is 23.1 Å². The molecule has 0 amide bonds. The molecule has 0 spiro atoms. The van der Waals surface area contributed by atoms with Gasteiger partial charge in [0.25, 0.3) is 0 Å². The van der Waals surface area contributed by atoms with Gasteiger partial charge in [-0.05, 0) is 35.8 Å². The van der Waals surface area contributed by atoms with Gasteiger partial charge in [-0.25, -0.2) is 0 Å². The highest BCUT2D eigenvalue weighted by atomic mass is 32.2. The molecule has 2 aromatic rings. The number of aliphatic hydroxyl groups excluding tert-OH is 1. The Kier molecular flexibility index (Phi) is 2.81. The lowest BCUT2D eigenvalue weighted by Crippen LogP contribution is -1.88. The monoisotopic (exact) mass is 224 g/mol. The summed E-state index contributed by atoms with van der Waals surface area (Å²) < 4.78 is 1.22. The molecule has 0 aliphatic carbocycles. The average molecular weight is 224 g/mol. The standard InChI is InChI=1S/C11H12OS2/c1-7-5-8(6-12)11-9(3-4-14-11)10(7)13-2/h3-5,12H,6H2,1-2H3. The normalized spacial score (nSPS) is 11.1. The van der Waals surface area contributed by atoms with Crippen LogP contribution in [0.2, 0.25) is 0 Å². The minimum absolute atomic E-state index is 0.131. The maximum Gasteiger partial charge on any atom is 0.0695 e. The Bertz CT molecular complexity index is 460. The van der Waals surface area contributed by atoms with Crippen LogP contribution in [-0.4, -0.2) is 11.4 Å². The average Bonchev–Trinajstić information content (AvgIpc) is 2.65. The molecular formula is C11H12OS2. The van der Waals surface area contributed by atoms with E-state index in [0.717, 1.165) is 5.56 Å². The molecule has 0 atom stereocenters. The van der Waals surface area contributed by atoms with E-state index in [-0.39, 0.29) is 6.61 Å². The molecule has 0 unspecified atom stereocenters. The van der Waals surface area contributed by atoms with Gasteiger partial charge in [-0.2, -0.15) is 0 Å². The van der Waals surface area contributed by atoms with E-state index >= 15 is 0 Å². The Labute approximate surface area is 91.8 Å². The molecule has 0 aliphatic heterocycles. The van der Waals surface area contributed by atoms with Crippen LogP contribution >= 0.6 is 23.1 Å². The molecule has 74 valence electrons. The molecule has 1 heterocycles. The summed E-state index contributed by atoms with van der Waals surface area (Å²) in [5.74, 6) is 0. The molecule has 0 aliphatic rings. The van der Waals surface area contributed by atoms with Crippen LogP contribution < -0.4 is 0 Å². The van der Waals surface area contributed by atoms with Crippen molar-refractivity contribution in [2.24, 2.45) is 0 Å². The van der Waals surface area contributed by atoms with Crippen molar-refractivity contribution in [2.45, 2.75) is 18.4 Å². The van der Waals surface area contributed by atoms with E-state index in [0.29, 0.717) is 0 Å². The Morgan fingerprint density at radius 2 is 2.29 bits per heavy atom. The summed E-state index contributed by atoms with van der Waals surface area (Å²) in [6.45, 7) is 2.23. The van der Waals surface area contributed by atoms with Crippen molar-refractivity contribution < 1.29 is 5.11 Å². The molecule has 0 saturated carbocycles. The van der Waals surface area contributed by atoms with Crippen molar-refractivity contribution in [3.63, 3.8) is 0 Å². The summed E-state index contributed by atoms with van der Waals surface area (Å²) in [5, 5.41) is 12.6. The number of thioether (sulfide) groups is 1. The third kappa shape index (κ3) is 1.45. The predicted octanol–water partition coefficient (Wildman–Crippen LogP) is 3.42. The van der Waals surface area contributed by atoms with E-state index in [4.69, 9.17) is 0 Å². The van der Waals surface area contributed by atoms with Crippen molar-refractivity contribution in [2.75, 3.05) is 6.26 Å². The SMILES string of the molecule is CSc1c(C)cc(CO)c2sccc12. The molecule has 1 aromatic heterocycles. The highest BCUT2D eigenvalue weighted by molar-refractivity contribution is 7.98. The van der Waals surface area contributed by atoms with Gasteiger partial charge in [0.1, 0.15) is 0 Å². The molecule has 0 fully saturated rings. The number of rotatable bonds is 2. The highest BCUT2D eigenvalue weighted by Crippen LogP contribution is 2.35. The summed E-state index contributed by atoms with van der Waals surface area (Å²) in [6.07, 6.45) is 2.10. The Hall–Kier alpha value is -0.510. The van der Waals surface area contributed by atoms with Crippen molar-refractivity contribution in [3.8, 4) is 0 Å². The third-order valence-electron chi connectivity index (χ3n) is 2.32. The largest absolute Gasteiger partial charge is 0.392 e. The number of thiophene rings is 1. The molecule has 1 N–H and O–H groups in total. The first-order chi connectivity index (χ1) is 6.77. The zero-order valence-electron chi connectivity index (χ0n) is 8.20. The van der Waals surface area contributed by atoms with Crippen molar-refractivity contribution in [1.82, 2.24) is 0 Å². The second-order valence-corrected chi connectivity index (χ2v) is 4.94. The van der Waals surface area contributed by atoms with Crippen LogP contribution in [0.1, 0.15) is 11.1 Å². The predicted molar refractivity (Wildman–Crippen MR) is 64.3 cm³/mol. The molecule has 0 radical (unpaired) electrons. The fourth-order valence-electron chi connectivity index (χ4n) is 1.73. The van der Waals surface area contributed by atoms with Gasteiger partial charge in [0.2, 0.25) is 0 Å². The van der Waals surface area contributed by atoms with E-state index in [2.05, 4.69) is 30.7 Å². The van der Waals surface area contributed by atoms with Gasteiger partial charge < -0.3 is 5.11 Å². The Balaban J connectivity index is 2.81. The van der Waals surface area contributed by atoms with E-state index in [1.807, 2.05) is 0 Å². The summed E-state index contributed by atoms with van der Waals surface area (Å²) >= 11 is 3.48. The summed E-state index contributed by atoms with van der Waals surface area (Å²) in [4.78, 5) is 1.33. The smallest absolute Gasteiger partial charge is 0.0695 e. The number of benzene rings is 1. The number of hydrogen-bond donors (Lipinski definition) is 1. The van der Waals surface area contributed by atoms with E-state index in [1.54, 1.807) is 23.1 Å². The first-order valence-corrected chi connectivity index (χ1v) is 6.53. The molecule has 3 heteroatoms. The Morgan fingerprint density at radius 1 is 1.50 bits per heavy atom. The van der Waals surface area contributed by atoms with Gasteiger partial charge in [-0.1, -0.05) is 6.07 Å². The van der Waals surface area contributed by atoms with E-state index in [1.165, 1.54) is 20.5 Å². The van der Waals surface area contributed by atoms with Crippen molar-refractivity contribution in [1.29, 1.82) is 0 Å². The molecule has 0 saturated heterocycles. The van der Waals surface area contributed by atoms with Crippen LogP contribution in [0.3, 0.4) is 0 Å². The number of fused-ring (bicyclic) bond motifs is 1. The third-order valence-corrected chi connectivity index (χ3v) is 4.26. The highest BCUT2D eigenvalue weighted by Gasteiger charge is 2.09. The molecule has 14 heavy (non-hydrogen) atoms. The minimum Gasteiger partial charge on any atom is -0.392 e. The van der Waals surface area contributed by atoms with Gasteiger partial charge >= 0.3 is 0 Å². The maximum atomic E-state index is 9.24. The van der Waals surface area contributed by atoms with Gasteiger partial charge in [0.05, 0.1) is 6.61 Å². The fraction of sp³-hybridized carbons (Fsp3) is 0.273. The first-order valence-electron chi connectivity index (χ1n) is 4.42. The minimum atomic E-state index is 0.131. The number of hydrogen-bond acceptors (Lipinski definition) is 3. The van der Waals surface area contributed by atoms with Gasteiger partial charge in [0, 0.05) is 15.0 Å². The van der Waals surface area contributed by atoms with Crippen molar-refractivity contribution >= 4 is 33.2 Å². The lowest BCUT2D eigenvalue weighted by Gasteiger charge is -2.07. The number of aliphatic hydroxyl groups is 1. The fourth-order valence-corrected chi connectivity index (χ4v) is 3.48. The Morgan fingerprint density at radius 3 is 2.93 bits per heavy atom. The van der Waals surface area contributed by atoms with Crippen LogP contribution in [0.5, 0.6) is 0 Å². The van der Waals surface area contributed by atoms with Crippen LogP contribution in [0.15, 0.2) is 22.4 Å². The van der Waals surface area contributed by atoms with Crippen LogP contribution in [0.4, 0.5) is 0 Å². The first kappa shape index (κ1) is 10.0. The second-order valence-electron chi connectivity index (χ2n) is 3.21. The molecule has 0 bridgehead atoms. The number of aryl methyl sites for hydroxylation is 1. The lowest BCUT2D eigenvalue weighted by molar-refractivity contribution is 0.283. The molecular weight excluding hydrogens is 212 g/mol. The molecule has 1 aromatic carbocycles. The zero-order chi connectivity index (χ0) is 10.1. The molecule has 1 nitrogen and oxygen atoms in total. The second kappa shape index (κ2) is 3.93. The van der Waals surface area contributed by atoms with Crippen LogP contribution in [0, 0.1) is 6.92 Å². The van der Waals surface area contributed by atoms with Crippen LogP contribution in [0.25, 0.3) is 10.1 Å². The quantitative estimate of drug-likeness (QED) is 0.789. The van der Waals surface area contributed by atoms with Gasteiger partial charge in [-0.3, -0.25) is 0 Å². The summed E-state index contributed by atoms with van der Waals surface area (Å²) in [6, 6.07) is 4.22. The summed E-state index contributed by atoms with van der Waals surface area (Å²) in [5.41, 5.74) is 2.30. The molecule has 2 rings (SSSR count). The van der Waals surface area contributed by atoms with Gasteiger partial charge in [0.15, 0.2) is 0 Å². The lowest BCUT2D eigenvalue weighted by atomic mass is 10.1. The zero-order valence-corrected chi connectivity index (χ0v) is 9.84.